The summed E-state index contributed by atoms with van der Waals surface area (Å²) in [6.45, 7) is 5.84. The number of nitrogens with zero attached hydrogens (tertiary/aromatic N) is 2. The molecule has 0 bridgehead atoms. The first-order chi connectivity index (χ1) is 11.5. The molecule has 2 aromatic carbocycles. The Labute approximate surface area is 144 Å². The average Bonchev–Trinajstić information content (AvgIpc) is 2.60. The molecule has 2 rings (SSSR count). The van der Waals surface area contributed by atoms with Crippen molar-refractivity contribution in [1.29, 1.82) is 0 Å². The van der Waals surface area contributed by atoms with Crippen molar-refractivity contribution < 1.29 is 9.53 Å². The second-order valence-electron chi connectivity index (χ2n) is 5.84. The van der Waals surface area contributed by atoms with E-state index in [0.717, 1.165) is 17.0 Å². The highest BCUT2D eigenvalue weighted by Crippen LogP contribution is 2.17. The van der Waals surface area contributed by atoms with Gasteiger partial charge in [0.25, 0.3) is 5.91 Å². The van der Waals surface area contributed by atoms with Crippen LogP contribution in [0.2, 0.25) is 0 Å². The third-order valence-electron chi connectivity index (χ3n) is 3.91. The molecule has 2 aromatic rings. The highest BCUT2D eigenvalue weighted by Gasteiger charge is 2.14. The Kier molecular flexibility index (Phi) is 6.24. The number of benzene rings is 2. The standard InChI is InChI=1S/C20H26N2O2/c1-5-22(15-16-7-11-18(12-8-16)21(3)4)20(23)17-9-13-19(14-10-17)24-6-2/h7-14H,5-6,15H2,1-4H3. The lowest BCUT2D eigenvalue weighted by Crippen LogP contribution is -2.30. The van der Waals surface area contributed by atoms with E-state index >= 15 is 0 Å². The molecule has 0 saturated heterocycles. The molecule has 0 fully saturated rings. The largest absolute Gasteiger partial charge is 0.494 e. The molecule has 0 atom stereocenters. The predicted octanol–water partition coefficient (Wildman–Crippen LogP) is 3.81. The van der Waals surface area contributed by atoms with Crippen LogP contribution in [-0.4, -0.2) is 38.1 Å². The van der Waals surface area contributed by atoms with E-state index in [1.165, 1.54) is 0 Å². The third kappa shape index (κ3) is 4.51. The van der Waals surface area contributed by atoms with Gasteiger partial charge < -0.3 is 14.5 Å². The molecule has 0 aliphatic rings. The Hall–Kier alpha value is -2.49. The van der Waals surface area contributed by atoms with Crippen LogP contribution in [0.5, 0.6) is 5.75 Å². The van der Waals surface area contributed by atoms with Crippen LogP contribution >= 0.6 is 0 Å². The minimum Gasteiger partial charge on any atom is -0.494 e. The fraction of sp³-hybridized carbons (Fsp3) is 0.350. The number of hydrogen-bond acceptors (Lipinski definition) is 3. The highest BCUT2D eigenvalue weighted by molar-refractivity contribution is 5.94. The summed E-state index contributed by atoms with van der Waals surface area (Å²) in [5.41, 5.74) is 2.96. The van der Waals surface area contributed by atoms with Gasteiger partial charge in [0.2, 0.25) is 0 Å². The van der Waals surface area contributed by atoms with Crippen LogP contribution in [-0.2, 0) is 6.54 Å². The quantitative estimate of drug-likeness (QED) is 0.775. The maximum Gasteiger partial charge on any atom is 0.254 e. The molecule has 0 aliphatic heterocycles. The van der Waals surface area contributed by atoms with Gasteiger partial charge in [-0.05, 0) is 55.8 Å². The minimum absolute atomic E-state index is 0.0391. The summed E-state index contributed by atoms with van der Waals surface area (Å²) < 4.78 is 5.42. The van der Waals surface area contributed by atoms with E-state index in [1.54, 1.807) is 0 Å². The molecular weight excluding hydrogens is 300 g/mol. The van der Waals surface area contributed by atoms with Crippen molar-refractivity contribution in [2.45, 2.75) is 20.4 Å². The monoisotopic (exact) mass is 326 g/mol. The fourth-order valence-corrected chi connectivity index (χ4v) is 2.49. The summed E-state index contributed by atoms with van der Waals surface area (Å²) in [7, 11) is 4.03. The highest BCUT2D eigenvalue weighted by atomic mass is 16.5. The van der Waals surface area contributed by atoms with Crippen molar-refractivity contribution in [3.05, 3.63) is 59.7 Å². The maximum absolute atomic E-state index is 12.7. The first-order valence-electron chi connectivity index (χ1n) is 8.33. The molecule has 1 amide bonds. The van der Waals surface area contributed by atoms with Crippen molar-refractivity contribution in [3.63, 3.8) is 0 Å². The Bertz CT molecular complexity index is 648. The van der Waals surface area contributed by atoms with Crippen LogP contribution in [0, 0.1) is 0 Å². The van der Waals surface area contributed by atoms with Crippen LogP contribution in [0.4, 0.5) is 5.69 Å². The van der Waals surface area contributed by atoms with Crippen molar-refractivity contribution in [3.8, 4) is 5.75 Å². The maximum atomic E-state index is 12.7. The van der Waals surface area contributed by atoms with E-state index in [0.29, 0.717) is 25.3 Å². The van der Waals surface area contributed by atoms with Crippen LogP contribution in [0.25, 0.3) is 0 Å². The Morgan fingerprint density at radius 1 is 0.958 bits per heavy atom. The summed E-state index contributed by atoms with van der Waals surface area (Å²) in [5.74, 6) is 0.827. The lowest BCUT2D eigenvalue weighted by atomic mass is 10.1. The molecule has 0 unspecified atom stereocenters. The first-order valence-corrected chi connectivity index (χ1v) is 8.33. The number of rotatable bonds is 7. The summed E-state index contributed by atoms with van der Waals surface area (Å²) in [5, 5.41) is 0. The molecule has 4 nitrogen and oxygen atoms in total. The number of carbonyl (C=O) groups excluding carboxylic acids is 1. The van der Waals surface area contributed by atoms with Gasteiger partial charge in [-0.2, -0.15) is 0 Å². The van der Waals surface area contributed by atoms with Gasteiger partial charge in [-0.15, -0.1) is 0 Å². The predicted molar refractivity (Wildman–Crippen MR) is 98.8 cm³/mol. The molecule has 0 N–H and O–H groups in total. The number of ether oxygens (including phenoxy) is 1. The van der Waals surface area contributed by atoms with E-state index in [2.05, 4.69) is 29.2 Å². The smallest absolute Gasteiger partial charge is 0.254 e. The zero-order valence-electron chi connectivity index (χ0n) is 15.0. The average molecular weight is 326 g/mol. The van der Waals surface area contributed by atoms with Crippen LogP contribution in [0.15, 0.2) is 48.5 Å². The van der Waals surface area contributed by atoms with E-state index in [4.69, 9.17) is 4.74 Å². The topological polar surface area (TPSA) is 32.8 Å². The van der Waals surface area contributed by atoms with E-state index < -0.39 is 0 Å². The van der Waals surface area contributed by atoms with Gasteiger partial charge in [0.1, 0.15) is 5.75 Å². The number of anilines is 1. The Balaban J connectivity index is 2.08. The van der Waals surface area contributed by atoms with E-state index in [1.807, 2.05) is 57.1 Å². The van der Waals surface area contributed by atoms with Gasteiger partial charge in [0.05, 0.1) is 6.61 Å². The molecule has 0 radical (unpaired) electrons. The molecule has 4 heteroatoms. The summed E-state index contributed by atoms with van der Waals surface area (Å²) in [6, 6.07) is 15.6. The second kappa shape index (κ2) is 8.39. The van der Waals surface area contributed by atoms with Gasteiger partial charge in [0.15, 0.2) is 0 Å². The summed E-state index contributed by atoms with van der Waals surface area (Å²) in [6.07, 6.45) is 0. The molecule has 0 heterocycles. The minimum atomic E-state index is 0.0391. The van der Waals surface area contributed by atoms with Crippen molar-refractivity contribution in [1.82, 2.24) is 4.90 Å². The van der Waals surface area contributed by atoms with Crippen LogP contribution < -0.4 is 9.64 Å². The molecule has 0 saturated carbocycles. The van der Waals surface area contributed by atoms with E-state index in [9.17, 15) is 4.79 Å². The van der Waals surface area contributed by atoms with Crippen molar-refractivity contribution >= 4 is 11.6 Å². The van der Waals surface area contributed by atoms with Gasteiger partial charge in [-0.25, -0.2) is 0 Å². The second-order valence-corrected chi connectivity index (χ2v) is 5.84. The lowest BCUT2D eigenvalue weighted by molar-refractivity contribution is 0.0752. The number of carbonyl (C=O) groups is 1. The molecular formula is C20H26N2O2. The van der Waals surface area contributed by atoms with Gasteiger partial charge in [0, 0.05) is 38.4 Å². The number of amides is 1. The van der Waals surface area contributed by atoms with E-state index in [-0.39, 0.29) is 5.91 Å². The summed E-state index contributed by atoms with van der Waals surface area (Å²) in [4.78, 5) is 16.6. The summed E-state index contributed by atoms with van der Waals surface area (Å²) >= 11 is 0. The van der Waals surface area contributed by atoms with Gasteiger partial charge >= 0.3 is 0 Å². The van der Waals surface area contributed by atoms with Crippen LogP contribution in [0.1, 0.15) is 29.8 Å². The first kappa shape index (κ1) is 17.9. The number of hydrogen-bond donors (Lipinski definition) is 0. The van der Waals surface area contributed by atoms with Crippen molar-refractivity contribution in [2.75, 3.05) is 32.1 Å². The zero-order valence-corrected chi connectivity index (χ0v) is 15.0. The molecule has 0 aliphatic carbocycles. The molecule has 24 heavy (non-hydrogen) atoms. The normalized spacial score (nSPS) is 10.3. The van der Waals surface area contributed by atoms with Crippen LogP contribution in [0.3, 0.4) is 0 Å². The molecule has 0 aromatic heterocycles. The van der Waals surface area contributed by atoms with Gasteiger partial charge in [-0.1, -0.05) is 12.1 Å². The molecule has 0 spiro atoms. The SMILES string of the molecule is CCOc1ccc(C(=O)N(CC)Cc2ccc(N(C)C)cc2)cc1. The third-order valence-corrected chi connectivity index (χ3v) is 3.91. The van der Waals surface area contributed by atoms with Crippen molar-refractivity contribution in [2.24, 2.45) is 0 Å². The zero-order chi connectivity index (χ0) is 17.5. The van der Waals surface area contributed by atoms with Gasteiger partial charge in [-0.3, -0.25) is 4.79 Å². The Morgan fingerprint density at radius 2 is 1.58 bits per heavy atom. The Morgan fingerprint density at radius 3 is 2.08 bits per heavy atom. The molecule has 128 valence electrons. The fourth-order valence-electron chi connectivity index (χ4n) is 2.49. The lowest BCUT2D eigenvalue weighted by Gasteiger charge is -2.22.